The molecule has 1 saturated carbocycles. The van der Waals surface area contributed by atoms with Gasteiger partial charge in [-0.25, -0.2) is 0 Å². The van der Waals surface area contributed by atoms with Gasteiger partial charge in [-0.15, -0.1) is 0 Å². The number of nitrogens with zero attached hydrogens (tertiary/aromatic N) is 3. The van der Waals surface area contributed by atoms with Crippen LogP contribution in [-0.2, 0) is 4.74 Å². The van der Waals surface area contributed by atoms with Crippen molar-refractivity contribution in [3.8, 4) is 0 Å². The Morgan fingerprint density at radius 3 is 2.86 bits per heavy atom. The summed E-state index contributed by atoms with van der Waals surface area (Å²) in [6.45, 7) is 3.72. The Balaban J connectivity index is 1.80. The topological polar surface area (TPSA) is 87.8 Å². The van der Waals surface area contributed by atoms with E-state index in [2.05, 4.69) is 37.7 Å². The van der Waals surface area contributed by atoms with E-state index in [0.717, 1.165) is 49.2 Å². The van der Waals surface area contributed by atoms with E-state index in [0.29, 0.717) is 5.95 Å². The van der Waals surface area contributed by atoms with E-state index in [1.54, 1.807) is 13.3 Å². The molecule has 0 saturated heterocycles. The van der Waals surface area contributed by atoms with Gasteiger partial charge in [0.2, 0.25) is 5.95 Å². The van der Waals surface area contributed by atoms with E-state index in [-0.39, 0.29) is 5.60 Å². The number of methoxy groups -OCH3 is 1. The van der Waals surface area contributed by atoms with Crippen LogP contribution in [0.15, 0.2) is 6.20 Å². The first-order valence-electron chi connectivity index (χ1n) is 7.50. The van der Waals surface area contributed by atoms with Crippen molar-refractivity contribution in [3.05, 3.63) is 6.20 Å². The van der Waals surface area contributed by atoms with Crippen LogP contribution in [0, 0.1) is 0 Å². The first-order valence-corrected chi connectivity index (χ1v) is 7.50. The molecule has 21 heavy (non-hydrogen) atoms. The van der Waals surface area contributed by atoms with Crippen molar-refractivity contribution >= 4 is 22.8 Å². The summed E-state index contributed by atoms with van der Waals surface area (Å²) in [5, 5.41) is 14.5. The third-order valence-electron chi connectivity index (χ3n) is 4.12. The van der Waals surface area contributed by atoms with Crippen molar-refractivity contribution < 1.29 is 4.74 Å². The van der Waals surface area contributed by atoms with Crippen LogP contribution in [0.5, 0.6) is 0 Å². The summed E-state index contributed by atoms with van der Waals surface area (Å²) in [5.74, 6) is 1.42. The SMILES string of the molecule is CCCNc1nc(NCC2(OC)CCC2)c2cn[nH]c2n1. The zero-order valence-corrected chi connectivity index (χ0v) is 12.6. The van der Waals surface area contributed by atoms with Gasteiger partial charge in [0.15, 0.2) is 5.65 Å². The predicted octanol–water partition coefficient (Wildman–Crippen LogP) is 2.16. The fourth-order valence-electron chi connectivity index (χ4n) is 2.55. The minimum atomic E-state index is -0.0436. The maximum atomic E-state index is 5.64. The zero-order valence-electron chi connectivity index (χ0n) is 12.6. The Labute approximate surface area is 123 Å². The summed E-state index contributed by atoms with van der Waals surface area (Å²) < 4.78 is 5.64. The average molecular weight is 290 g/mol. The van der Waals surface area contributed by atoms with Gasteiger partial charge in [-0.1, -0.05) is 6.92 Å². The third-order valence-corrected chi connectivity index (χ3v) is 4.12. The molecule has 2 aromatic rings. The molecule has 3 N–H and O–H groups in total. The third kappa shape index (κ3) is 2.78. The number of aromatic nitrogens is 4. The highest BCUT2D eigenvalue weighted by atomic mass is 16.5. The van der Waals surface area contributed by atoms with E-state index in [4.69, 9.17) is 4.74 Å². The Hall–Kier alpha value is -1.89. The summed E-state index contributed by atoms with van der Waals surface area (Å²) in [7, 11) is 1.78. The Morgan fingerprint density at radius 2 is 2.19 bits per heavy atom. The minimum Gasteiger partial charge on any atom is -0.376 e. The van der Waals surface area contributed by atoms with Crippen LogP contribution in [0.3, 0.4) is 0 Å². The molecule has 7 nitrogen and oxygen atoms in total. The van der Waals surface area contributed by atoms with Crippen molar-refractivity contribution in [3.63, 3.8) is 0 Å². The Kier molecular flexibility index (Phi) is 3.92. The first-order chi connectivity index (χ1) is 10.3. The number of hydrogen-bond acceptors (Lipinski definition) is 6. The van der Waals surface area contributed by atoms with Gasteiger partial charge in [-0.2, -0.15) is 15.1 Å². The molecule has 0 spiro atoms. The monoisotopic (exact) mass is 290 g/mol. The fourth-order valence-corrected chi connectivity index (χ4v) is 2.55. The molecule has 114 valence electrons. The summed E-state index contributed by atoms with van der Waals surface area (Å²) in [6.07, 6.45) is 6.19. The van der Waals surface area contributed by atoms with E-state index >= 15 is 0 Å². The zero-order chi connectivity index (χ0) is 14.7. The van der Waals surface area contributed by atoms with Crippen LogP contribution < -0.4 is 10.6 Å². The molecule has 0 atom stereocenters. The summed E-state index contributed by atoms with van der Waals surface area (Å²) >= 11 is 0. The smallest absolute Gasteiger partial charge is 0.226 e. The Morgan fingerprint density at radius 1 is 1.33 bits per heavy atom. The molecule has 0 radical (unpaired) electrons. The van der Waals surface area contributed by atoms with Crippen molar-refractivity contribution in [1.29, 1.82) is 0 Å². The standard InChI is InChI=1S/C14H22N6O/c1-3-7-15-13-18-11(10-8-17-20-12(10)19-13)16-9-14(21-2)5-4-6-14/h8H,3-7,9H2,1-2H3,(H3,15,16,17,18,19,20). The molecule has 1 aliphatic rings. The second-order valence-electron chi connectivity index (χ2n) is 5.55. The van der Waals surface area contributed by atoms with Gasteiger partial charge in [-0.05, 0) is 25.7 Å². The number of anilines is 2. The number of ether oxygens (including phenoxy) is 1. The molecule has 2 heterocycles. The van der Waals surface area contributed by atoms with Crippen LogP contribution in [0.25, 0.3) is 11.0 Å². The largest absolute Gasteiger partial charge is 0.376 e. The fraction of sp³-hybridized carbons (Fsp3) is 0.643. The van der Waals surface area contributed by atoms with Gasteiger partial charge >= 0.3 is 0 Å². The van der Waals surface area contributed by atoms with Gasteiger partial charge in [0.05, 0.1) is 17.2 Å². The molecule has 1 aliphatic carbocycles. The van der Waals surface area contributed by atoms with Gasteiger partial charge in [0.25, 0.3) is 0 Å². The van der Waals surface area contributed by atoms with E-state index in [9.17, 15) is 0 Å². The minimum absolute atomic E-state index is 0.0436. The number of fused-ring (bicyclic) bond motifs is 1. The molecule has 7 heteroatoms. The van der Waals surface area contributed by atoms with Crippen LogP contribution in [-0.4, -0.2) is 46.0 Å². The van der Waals surface area contributed by atoms with Gasteiger partial charge in [0.1, 0.15) is 5.82 Å². The van der Waals surface area contributed by atoms with Gasteiger partial charge in [-0.3, -0.25) is 5.10 Å². The number of rotatable bonds is 7. The average Bonchev–Trinajstić information content (AvgIpc) is 2.92. The lowest BCUT2D eigenvalue weighted by molar-refractivity contribution is -0.0601. The molecule has 0 aliphatic heterocycles. The van der Waals surface area contributed by atoms with Gasteiger partial charge in [0, 0.05) is 20.2 Å². The van der Waals surface area contributed by atoms with E-state index < -0.39 is 0 Å². The van der Waals surface area contributed by atoms with Crippen LogP contribution in [0.2, 0.25) is 0 Å². The molecule has 1 fully saturated rings. The summed E-state index contributed by atoms with van der Waals surface area (Å²) in [6, 6.07) is 0. The van der Waals surface area contributed by atoms with Crippen molar-refractivity contribution in [1.82, 2.24) is 20.2 Å². The van der Waals surface area contributed by atoms with Crippen LogP contribution in [0.4, 0.5) is 11.8 Å². The summed E-state index contributed by atoms with van der Waals surface area (Å²) in [4.78, 5) is 8.98. The molecule has 3 rings (SSSR count). The summed E-state index contributed by atoms with van der Waals surface area (Å²) in [5.41, 5.74) is 0.698. The molecular formula is C14H22N6O. The number of aromatic amines is 1. The number of H-pyrrole nitrogens is 1. The number of hydrogen-bond donors (Lipinski definition) is 3. The predicted molar refractivity (Wildman–Crippen MR) is 82.5 cm³/mol. The maximum absolute atomic E-state index is 5.64. The normalized spacial score (nSPS) is 16.7. The van der Waals surface area contributed by atoms with E-state index in [1.807, 2.05) is 0 Å². The van der Waals surface area contributed by atoms with Crippen molar-refractivity contribution in [2.75, 3.05) is 30.8 Å². The van der Waals surface area contributed by atoms with Crippen molar-refractivity contribution in [2.24, 2.45) is 0 Å². The second-order valence-corrected chi connectivity index (χ2v) is 5.55. The van der Waals surface area contributed by atoms with Crippen LogP contribution >= 0.6 is 0 Å². The molecular weight excluding hydrogens is 268 g/mol. The highest BCUT2D eigenvalue weighted by Gasteiger charge is 2.36. The molecule has 0 amide bonds. The highest BCUT2D eigenvalue weighted by molar-refractivity contribution is 5.87. The first kappa shape index (κ1) is 14.1. The van der Waals surface area contributed by atoms with E-state index in [1.165, 1.54) is 6.42 Å². The molecule has 0 unspecified atom stereocenters. The lowest BCUT2D eigenvalue weighted by Gasteiger charge is -2.40. The maximum Gasteiger partial charge on any atom is 0.226 e. The molecule has 2 aromatic heterocycles. The number of nitrogens with one attached hydrogen (secondary N) is 3. The molecule has 0 bridgehead atoms. The lowest BCUT2D eigenvalue weighted by Crippen LogP contribution is -2.45. The van der Waals surface area contributed by atoms with Crippen molar-refractivity contribution in [2.45, 2.75) is 38.2 Å². The second kappa shape index (κ2) is 5.85. The lowest BCUT2D eigenvalue weighted by atomic mass is 9.80. The van der Waals surface area contributed by atoms with Crippen LogP contribution in [0.1, 0.15) is 32.6 Å². The Bertz CT molecular complexity index is 601. The van der Waals surface area contributed by atoms with Gasteiger partial charge < -0.3 is 15.4 Å². The highest BCUT2D eigenvalue weighted by Crippen LogP contribution is 2.35. The molecule has 0 aromatic carbocycles. The quantitative estimate of drug-likeness (QED) is 0.724.